The highest BCUT2D eigenvalue weighted by Gasteiger charge is 2.33. The molecule has 5 heteroatoms. The highest BCUT2D eigenvalue weighted by molar-refractivity contribution is 9.10. The molecule has 1 unspecified atom stereocenters. The van der Waals surface area contributed by atoms with Crippen LogP contribution in [-0.2, 0) is 16.8 Å². The number of benzene rings is 1. The number of carbonyl (C=O) groups excluding carboxylic acids is 1. The molecule has 0 saturated carbocycles. The van der Waals surface area contributed by atoms with Gasteiger partial charge in [-0.15, -0.1) is 11.3 Å². The maximum absolute atomic E-state index is 12.8. The Morgan fingerprint density at radius 1 is 1.32 bits per heavy atom. The summed E-state index contributed by atoms with van der Waals surface area (Å²) in [7, 11) is 0. The van der Waals surface area contributed by atoms with Crippen LogP contribution in [0, 0.1) is 0 Å². The van der Waals surface area contributed by atoms with Crippen LogP contribution in [-0.4, -0.2) is 23.9 Å². The number of hydrogen-bond acceptors (Lipinski definition) is 3. The lowest BCUT2D eigenvalue weighted by atomic mass is 9.91. The molecule has 22 heavy (non-hydrogen) atoms. The number of nitrogens with two attached hydrogens (primary N) is 1. The second-order valence-corrected chi connectivity index (χ2v) is 7.37. The first-order chi connectivity index (χ1) is 10.4. The maximum Gasteiger partial charge on any atom is 0.246 e. The summed E-state index contributed by atoms with van der Waals surface area (Å²) in [6.07, 6.45) is 0.869. The van der Waals surface area contributed by atoms with Gasteiger partial charge in [0, 0.05) is 22.4 Å². The van der Waals surface area contributed by atoms with Gasteiger partial charge in [-0.3, -0.25) is 4.79 Å². The zero-order valence-corrected chi connectivity index (χ0v) is 15.3. The van der Waals surface area contributed by atoms with Gasteiger partial charge in [0.2, 0.25) is 5.91 Å². The van der Waals surface area contributed by atoms with Crippen LogP contribution in [0.2, 0.25) is 0 Å². The number of hydrogen-bond donors (Lipinski definition) is 1. The van der Waals surface area contributed by atoms with Gasteiger partial charge in [-0.05, 0) is 49.4 Å². The maximum atomic E-state index is 12.8. The van der Waals surface area contributed by atoms with Crippen molar-refractivity contribution >= 4 is 33.2 Å². The van der Waals surface area contributed by atoms with Crippen molar-refractivity contribution in [2.75, 3.05) is 13.1 Å². The van der Waals surface area contributed by atoms with E-state index in [0.29, 0.717) is 13.1 Å². The van der Waals surface area contributed by atoms with Crippen LogP contribution in [0.4, 0.5) is 0 Å². The highest BCUT2D eigenvalue weighted by atomic mass is 79.9. The Bertz CT molecular complexity index is 608. The van der Waals surface area contributed by atoms with E-state index < -0.39 is 5.54 Å². The van der Waals surface area contributed by atoms with E-state index in [2.05, 4.69) is 27.4 Å². The first kappa shape index (κ1) is 17.2. The second kappa shape index (κ2) is 7.40. The fraction of sp³-hybridized carbons (Fsp3) is 0.353. The number of amides is 1. The van der Waals surface area contributed by atoms with E-state index in [0.717, 1.165) is 16.5 Å². The fourth-order valence-corrected chi connectivity index (χ4v) is 3.31. The molecule has 2 aromatic rings. The third-order valence-electron chi connectivity index (χ3n) is 3.77. The van der Waals surface area contributed by atoms with Crippen molar-refractivity contribution in [3.05, 3.63) is 56.7 Å². The molecule has 1 aromatic carbocycles. The Kier molecular flexibility index (Phi) is 5.78. The van der Waals surface area contributed by atoms with Gasteiger partial charge in [-0.1, -0.05) is 34.1 Å². The number of rotatable bonds is 6. The molecule has 0 fully saturated rings. The van der Waals surface area contributed by atoms with Crippen LogP contribution >= 0.6 is 27.3 Å². The van der Waals surface area contributed by atoms with E-state index in [4.69, 9.17) is 5.73 Å². The Morgan fingerprint density at radius 2 is 2.00 bits per heavy atom. The molecule has 0 aliphatic carbocycles. The Morgan fingerprint density at radius 3 is 2.55 bits per heavy atom. The van der Waals surface area contributed by atoms with Gasteiger partial charge in [-0.25, -0.2) is 0 Å². The van der Waals surface area contributed by atoms with E-state index in [9.17, 15) is 4.79 Å². The van der Waals surface area contributed by atoms with Crippen LogP contribution in [0.3, 0.4) is 0 Å². The van der Waals surface area contributed by atoms with Gasteiger partial charge in [0.1, 0.15) is 5.54 Å². The molecule has 0 saturated heterocycles. The summed E-state index contributed by atoms with van der Waals surface area (Å²) in [5.41, 5.74) is 6.17. The Labute approximate surface area is 144 Å². The molecule has 1 heterocycles. The van der Waals surface area contributed by atoms with E-state index in [1.165, 1.54) is 4.88 Å². The zero-order valence-electron chi connectivity index (χ0n) is 12.9. The summed E-state index contributed by atoms with van der Waals surface area (Å²) in [6.45, 7) is 5.13. The SMILES string of the molecule is CCN(CCc1cccs1)C(=O)C(C)(N)c1ccc(Br)cc1. The van der Waals surface area contributed by atoms with Crippen LogP contribution in [0.1, 0.15) is 24.3 Å². The molecule has 2 rings (SSSR count). The molecule has 0 radical (unpaired) electrons. The summed E-state index contributed by atoms with van der Waals surface area (Å²) < 4.78 is 0.976. The Hall–Kier alpha value is -1.17. The molecular formula is C17H21BrN2OS. The van der Waals surface area contributed by atoms with Crippen molar-refractivity contribution in [2.45, 2.75) is 25.8 Å². The lowest BCUT2D eigenvalue weighted by Crippen LogP contribution is -2.51. The smallest absolute Gasteiger partial charge is 0.246 e. The third kappa shape index (κ3) is 3.97. The van der Waals surface area contributed by atoms with Crippen molar-refractivity contribution in [1.29, 1.82) is 0 Å². The molecule has 0 aliphatic rings. The summed E-state index contributed by atoms with van der Waals surface area (Å²) in [6, 6.07) is 11.8. The number of nitrogens with zero attached hydrogens (tertiary/aromatic N) is 1. The molecule has 1 atom stereocenters. The molecule has 0 spiro atoms. The van der Waals surface area contributed by atoms with Crippen molar-refractivity contribution < 1.29 is 4.79 Å². The van der Waals surface area contributed by atoms with Gasteiger partial charge in [0.25, 0.3) is 0 Å². The standard InChI is InChI=1S/C17H21BrN2OS/c1-3-20(11-10-15-5-4-12-22-15)16(21)17(2,19)13-6-8-14(18)9-7-13/h4-9,12H,3,10-11,19H2,1-2H3. The largest absolute Gasteiger partial charge is 0.341 e. The minimum absolute atomic E-state index is 0.0334. The van der Waals surface area contributed by atoms with Crippen molar-refractivity contribution in [1.82, 2.24) is 4.90 Å². The number of carbonyl (C=O) groups is 1. The summed E-state index contributed by atoms with van der Waals surface area (Å²) in [4.78, 5) is 16.0. The predicted octanol–water partition coefficient (Wildman–Crippen LogP) is 3.78. The number of thiophene rings is 1. The van der Waals surface area contributed by atoms with Crippen LogP contribution in [0.25, 0.3) is 0 Å². The molecule has 118 valence electrons. The first-order valence-corrected chi connectivity index (χ1v) is 8.99. The van der Waals surface area contributed by atoms with E-state index in [1.807, 2.05) is 42.2 Å². The van der Waals surface area contributed by atoms with Gasteiger partial charge >= 0.3 is 0 Å². The number of likely N-dealkylation sites (N-methyl/N-ethyl adjacent to an activating group) is 1. The second-order valence-electron chi connectivity index (χ2n) is 5.42. The third-order valence-corrected chi connectivity index (χ3v) is 5.23. The zero-order chi connectivity index (χ0) is 16.2. The predicted molar refractivity (Wildman–Crippen MR) is 96.0 cm³/mol. The normalized spacial score (nSPS) is 13.6. The quantitative estimate of drug-likeness (QED) is 0.828. The average Bonchev–Trinajstić information content (AvgIpc) is 3.01. The number of halogens is 1. The first-order valence-electron chi connectivity index (χ1n) is 7.32. The minimum Gasteiger partial charge on any atom is -0.341 e. The summed E-state index contributed by atoms with van der Waals surface area (Å²) in [5.74, 6) is -0.0334. The Balaban J connectivity index is 2.10. The average molecular weight is 381 g/mol. The summed E-state index contributed by atoms with van der Waals surface area (Å²) >= 11 is 5.12. The van der Waals surface area contributed by atoms with Gasteiger partial charge in [0.05, 0.1) is 0 Å². The van der Waals surface area contributed by atoms with E-state index in [-0.39, 0.29) is 5.91 Å². The van der Waals surface area contributed by atoms with Crippen LogP contribution in [0.15, 0.2) is 46.3 Å². The monoisotopic (exact) mass is 380 g/mol. The molecule has 3 nitrogen and oxygen atoms in total. The molecule has 1 aromatic heterocycles. The highest BCUT2D eigenvalue weighted by Crippen LogP contribution is 2.23. The lowest BCUT2D eigenvalue weighted by Gasteiger charge is -2.31. The molecule has 2 N–H and O–H groups in total. The van der Waals surface area contributed by atoms with Crippen molar-refractivity contribution in [3.63, 3.8) is 0 Å². The topological polar surface area (TPSA) is 46.3 Å². The van der Waals surface area contributed by atoms with Gasteiger partial charge < -0.3 is 10.6 Å². The minimum atomic E-state index is -1.01. The molecule has 0 bridgehead atoms. The van der Waals surface area contributed by atoms with Crippen LogP contribution < -0.4 is 5.73 Å². The lowest BCUT2D eigenvalue weighted by molar-refractivity contribution is -0.136. The fourth-order valence-electron chi connectivity index (χ4n) is 2.35. The van der Waals surface area contributed by atoms with E-state index in [1.54, 1.807) is 18.3 Å². The van der Waals surface area contributed by atoms with Crippen molar-refractivity contribution in [3.8, 4) is 0 Å². The van der Waals surface area contributed by atoms with Gasteiger partial charge in [-0.2, -0.15) is 0 Å². The van der Waals surface area contributed by atoms with E-state index >= 15 is 0 Å². The molecule has 0 aliphatic heterocycles. The van der Waals surface area contributed by atoms with Crippen molar-refractivity contribution in [2.24, 2.45) is 5.73 Å². The summed E-state index contributed by atoms with van der Waals surface area (Å²) in [5, 5.41) is 2.06. The molecule has 1 amide bonds. The molecular weight excluding hydrogens is 360 g/mol. The van der Waals surface area contributed by atoms with Gasteiger partial charge in [0.15, 0.2) is 0 Å². The van der Waals surface area contributed by atoms with Crippen LogP contribution in [0.5, 0.6) is 0 Å².